The van der Waals surface area contributed by atoms with Crippen molar-refractivity contribution in [3.8, 4) is 22.5 Å². The van der Waals surface area contributed by atoms with Crippen LogP contribution in [-0.4, -0.2) is 33.8 Å². The molecule has 5 rings (SSSR count). The third-order valence-electron chi connectivity index (χ3n) is 6.85. The maximum absolute atomic E-state index is 12.9. The number of esters is 1. The smallest absolute Gasteiger partial charge is 0.308 e. The number of carbonyl (C=O) groups is 2. The Morgan fingerprint density at radius 1 is 0.930 bits per heavy atom. The SMILES string of the molecule is Cc1ccc2cc(-c3cc(-c4cc(Cl)cc(Cl)c4)nn3C(C)c3ccc(C(=O)NCCC(=O)OC(C)(C)C)s3)ccc2c1. The molecule has 1 amide bonds. The Bertz CT molecular complexity index is 1800. The maximum Gasteiger partial charge on any atom is 0.308 e. The van der Waals surface area contributed by atoms with E-state index in [2.05, 4.69) is 55.6 Å². The summed E-state index contributed by atoms with van der Waals surface area (Å²) in [6.07, 6.45) is 0.107. The van der Waals surface area contributed by atoms with Crippen molar-refractivity contribution in [3.63, 3.8) is 0 Å². The zero-order chi connectivity index (χ0) is 30.9. The van der Waals surface area contributed by atoms with E-state index >= 15 is 0 Å². The minimum atomic E-state index is -0.559. The van der Waals surface area contributed by atoms with Gasteiger partial charge >= 0.3 is 5.97 Å². The molecular weight excluding hydrogens is 601 g/mol. The fourth-order valence-corrected chi connectivity index (χ4v) is 6.34. The number of aromatic nitrogens is 2. The van der Waals surface area contributed by atoms with Crippen molar-refractivity contribution < 1.29 is 14.3 Å². The van der Waals surface area contributed by atoms with Crippen molar-refractivity contribution in [3.05, 3.63) is 98.2 Å². The van der Waals surface area contributed by atoms with E-state index in [1.54, 1.807) is 12.1 Å². The van der Waals surface area contributed by atoms with E-state index in [0.29, 0.717) is 14.9 Å². The average molecular weight is 635 g/mol. The van der Waals surface area contributed by atoms with Gasteiger partial charge in [-0.15, -0.1) is 11.3 Å². The number of amides is 1. The molecule has 43 heavy (non-hydrogen) atoms. The van der Waals surface area contributed by atoms with Gasteiger partial charge in [0.2, 0.25) is 0 Å². The first-order valence-corrected chi connectivity index (χ1v) is 15.6. The molecule has 0 saturated carbocycles. The Hall–Kier alpha value is -3.65. The molecule has 1 N–H and O–H groups in total. The molecule has 0 radical (unpaired) electrons. The van der Waals surface area contributed by atoms with E-state index in [1.807, 2.05) is 49.7 Å². The van der Waals surface area contributed by atoms with Gasteiger partial charge in [0.05, 0.1) is 28.7 Å². The summed E-state index contributed by atoms with van der Waals surface area (Å²) in [4.78, 5) is 26.4. The van der Waals surface area contributed by atoms with E-state index in [9.17, 15) is 9.59 Å². The van der Waals surface area contributed by atoms with Crippen LogP contribution in [0.3, 0.4) is 0 Å². The van der Waals surface area contributed by atoms with E-state index < -0.39 is 5.60 Å². The van der Waals surface area contributed by atoms with Gasteiger partial charge < -0.3 is 10.1 Å². The predicted octanol–water partition coefficient (Wildman–Crippen LogP) is 9.12. The van der Waals surface area contributed by atoms with Crippen LogP contribution in [0, 0.1) is 6.92 Å². The molecule has 1 atom stereocenters. The molecule has 0 saturated heterocycles. The van der Waals surface area contributed by atoms with Crippen molar-refractivity contribution in [1.29, 1.82) is 0 Å². The van der Waals surface area contributed by atoms with Gasteiger partial charge in [0.1, 0.15) is 5.60 Å². The Morgan fingerprint density at radius 3 is 2.35 bits per heavy atom. The van der Waals surface area contributed by atoms with Crippen molar-refractivity contribution in [2.75, 3.05) is 6.54 Å². The zero-order valence-corrected chi connectivity index (χ0v) is 27.0. The molecule has 5 aromatic rings. The number of nitrogens with zero attached hydrogens (tertiary/aromatic N) is 2. The zero-order valence-electron chi connectivity index (χ0n) is 24.7. The fraction of sp³-hybridized carbons (Fsp3) is 0.265. The first-order valence-electron chi connectivity index (χ1n) is 14.0. The maximum atomic E-state index is 12.9. The highest BCUT2D eigenvalue weighted by molar-refractivity contribution is 7.14. The molecule has 0 aliphatic carbocycles. The van der Waals surface area contributed by atoms with Gasteiger partial charge in [-0.3, -0.25) is 14.3 Å². The van der Waals surface area contributed by atoms with Crippen LogP contribution in [0.2, 0.25) is 10.0 Å². The number of thiophene rings is 1. The lowest BCUT2D eigenvalue weighted by atomic mass is 10.0. The molecule has 9 heteroatoms. The van der Waals surface area contributed by atoms with Crippen LogP contribution in [0.1, 0.15) is 60.3 Å². The van der Waals surface area contributed by atoms with Crippen LogP contribution in [-0.2, 0) is 9.53 Å². The van der Waals surface area contributed by atoms with E-state index in [0.717, 1.165) is 32.8 Å². The van der Waals surface area contributed by atoms with Crippen molar-refractivity contribution in [2.24, 2.45) is 0 Å². The second-order valence-electron chi connectivity index (χ2n) is 11.6. The number of carbonyl (C=O) groups excluding carboxylic acids is 2. The topological polar surface area (TPSA) is 73.2 Å². The molecule has 0 aliphatic heterocycles. The molecule has 3 aromatic carbocycles. The van der Waals surface area contributed by atoms with Gasteiger partial charge in [-0.05, 0) is 87.9 Å². The number of hydrogen-bond acceptors (Lipinski definition) is 5. The van der Waals surface area contributed by atoms with Crippen LogP contribution in [0.4, 0.5) is 0 Å². The largest absolute Gasteiger partial charge is 0.460 e. The van der Waals surface area contributed by atoms with Crippen LogP contribution >= 0.6 is 34.5 Å². The summed E-state index contributed by atoms with van der Waals surface area (Å²) < 4.78 is 7.30. The lowest BCUT2D eigenvalue weighted by Crippen LogP contribution is -2.29. The predicted molar refractivity (Wildman–Crippen MR) is 176 cm³/mol. The van der Waals surface area contributed by atoms with E-state index in [-0.39, 0.29) is 30.9 Å². The quantitative estimate of drug-likeness (QED) is 0.173. The summed E-state index contributed by atoms with van der Waals surface area (Å²) >= 11 is 14.1. The monoisotopic (exact) mass is 633 g/mol. The highest BCUT2D eigenvalue weighted by atomic mass is 35.5. The Morgan fingerprint density at radius 2 is 1.63 bits per heavy atom. The average Bonchev–Trinajstić information content (AvgIpc) is 3.59. The summed E-state index contributed by atoms with van der Waals surface area (Å²) in [5.74, 6) is -0.577. The second-order valence-corrected chi connectivity index (χ2v) is 13.5. The Kier molecular flexibility index (Phi) is 8.97. The molecule has 2 heterocycles. The van der Waals surface area contributed by atoms with E-state index in [1.165, 1.54) is 22.3 Å². The molecule has 6 nitrogen and oxygen atoms in total. The number of ether oxygens (including phenoxy) is 1. The molecule has 1 unspecified atom stereocenters. The number of benzene rings is 3. The van der Waals surface area contributed by atoms with Gasteiger partial charge in [0.15, 0.2) is 0 Å². The molecule has 222 valence electrons. The van der Waals surface area contributed by atoms with Crippen molar-refractivity contribution in [2.45, 2.75) is 52.7 Å². The van der Waals surface area contributed by atoms with Crippen molar-refractivity contribution in [1.82, 2.24) is 15.1 Å². The van der Waals surface area contributed by atoms with Crippen LogP contribution in [0.15, 0.2) is 72.8 Å². The van der Waals surface area contributed by atoms with Gasteiger partial charge in [-0.25, -0.2) is 0 Å². The summed E-state index contributed by atoms with van der Waals surface area (Å²) in [5.41, 5.74) is 4.16. The van der Waals surface area contributed by atoms with Gasteiger partial charge in [-0.1, -0.05) is 59.1 Å². The number of halogens is 2. The lowest BCUT2D eigenvalue weighted by Gasteiger charge is -2.19. The molecular formula is C34H33Cl2N3O3S. The second kappa shape index (κ2) is 12.5. The first kappa shape index (κ1) is 30.8. The Balaban J connectivity index is 1.44. The number of rotatable bonds is 8. The highest BCUT2D eigenvalue weighted by Crippen LogP contribution is 2.36. The summed E-state index contributed by atoms with van der Waals surface area (Å²) in [7, 11) is 0. The van der Waals surface area contributed by atoms with Gasteiger partial charge in [-0.2, -0.15) is 5.10 Å². The van der Waals surface area contributed by atoms with Gasteiger partial charge in [0, 0.05) is 32.6 Å². The van der Waals surface area contributed by atoms with Gasteiger partial charge in [0.25, 0.3) is 5.91 Å². The molecule has 0 spiro atoms. The molecule has 0 bridgehead atoms. The molecule has 0 aliphatic rings. The minimum Gasteiger partial charge on any atom is -0.460 e. The number of fused-ring (bicyclic) bond motifs is 1. The number of aryl methyl sites for hydroxylation is 1. The first-order chi connectivity index (χ1) is 20.4. The standard InChI is InChI=1S/C34H33Cl2N3O3S/c1-20-6-7-23-15-24(9-8-22(23)14-20)29-19-28(25-16-26(35)18-27(36)17-25)38-39(29)21(2)30-10-11-31(43-30)33(41)37-13-12-32(40)42-34(3,4)5/h6-11,14-19,21H,12-13H2,1-5H3,(H,37,41). The fourth-order valence-electron chi connectivity index (χ4n) is 4.85. The molecule has 0 fully saturated rings. The molecule has 2 aromatic heterocycles. The highest BCUT2D eigenvalue weighted by Gasteiger charge is 2.21. The van der Waals surface area contributed by atoms with Crippen LogP contribution in [0.25, 0.3) is 33.3 Å². The Labute approximate surface area is 265 Å². The van der Waals surface area contributed by atoms with Crippen LogP contribution in [0.5, 0.6) is 0 Å². The van der Waals surface area contributed by atoms with E-state index in [4.69, 9.17) is 33.0 Å². The number of hydrogen-bond donors (Lipinski definition) is 1. The third kappa shape index (κ3) is 7.47. The summed E-state index contributed by atoms with van der Waals surface area (Å²) in [6, 6.07) is 23.8. The lowest BCUT2D eigenvalue weighted by molar-refractivity contribution is -0.154. The summed E-state index contributed by atoms with van der Waals surface area (Å²) in [5, 5.41) is 11.2. The normalized spacial score (nSPS) is 12.3. The number of nitrogens with one attached hydrogen (secondary N) is 1. The minimum absolute atomic E-state index is 0.107. The van der Waals surface area contributed by atoms with Crippen molar-refractivity contribution >= 4 is 57.2 Å². The van der Waals surface area contributed by atoms with Crippen LogP contribution < -0.4 is 5.32 Å². The summed E-state index contributed by atoms with van der Waals surface area (Å²) in [6.45, 7) is 9.80. The third-order valence-corrected chi connectivity index (χ3v) is 8.54.